The highest BCUT2D eigenvalue weighted by molar-refractivity contribution is 5.76. The van der Waals surface area contributed by atoms with Crippen molar-refractivity contribution < 1.29 is 49.3 Å². The lowest BCUT2D eigenvalue weighted by atomic mass is 9.99. The van der Waals surface area contributed by atoms with Gasteiger partial charge in [-0.05, 0) is 77.0 Å². The predicted octanol–water partition coefficient (Wildman–Crippen LogP) is 19.9. The summed E-state index contributed by atoms with van der Waals surface area (Å²) >= 11 is 0. The molecular formula is C77H143NO10. The summed E-state index contributed by atoms with van der Waals surface area (Å²) in [6.07, 6.45) is 77.3. The first kappa shape index (κ1) is 83.6. The molecule has 0 aliphatic carbocycles. The average Bonchev–Trinajstić information content (AvgIpc) is 3.35. The van der Waals surface area contributed by atoms with Crippen LogP contribution in [-0.2, 0) is 23.8 Å². The SMILES string of the molecule is CCCCC/C=C/CC/C=C/C(O)C(COC1OC(CO)C(O)C(O)C1O)NC(=O)CCCCCCCCCCCCCCCCCCC/C=C\C/C=C\CCCCCCCCCCCCCCCOC(=O)CCCCCCCCCCCCCCCC. The third-order valence-corrected chi connectivity index (χ3v) is 17.9. The van der Waals surface area contributed by atoms with Gasteiger partial charge in [-0.3, -0.25) is 9.59 Å². The third-order valence-electron chi connectivity index (χ3n) is 17.9. The van der Waals surface area contributed by atoms with Crippen LogP contribution < -0.4 is 5.32 Å². The number of aliphatic hydroxyl groups is 5. The van der Waals surface area contributed by atoms with Crippen molar-refractivity contribution >= 4 is 11.9 Å². The molecule has 6 N–H and O–H groups in total. The minimum Gasteiger partial charge on any atom is -0.466 e. The van der Waals surface area contributed by atoms with Gasteiger partial charge < -0.3 is 45.1 Å². The van der Waals surface area contributed by atoms with Crippen molar-refractivity contribution in [2.45, 2.75) is 410 Å². The van der Waals surface area contributed by atoms with E-state index in [1.807, 2.05) is 6.08 Å². The molecule has 1 fully saturated rings. The van der Waals surface area contributed by atoms with E-state index in [9.17, 15) is 35.1 Å². The maximum absolute atomic E-state index is 13.0. The lowest BCUT2D eigenvalue weighted by Gasteiger charge is -2.40. The molecule has 0 aromatic heterocycles. The second-order valence-electron chi connectivity index (χ2n) is 26.3. The molecule has 516 valence electrons. The van der Waals surface area contributed by atoms with Gasteiger partial charge in [0.25, 0.3) is 0 Å². The van der Waals surface area contributed by atoms with Gasteiger partial charge in [0.05, 0.1) is 32.0 Å². The molecule has 0 bridgehead atoms. The summed E-state index contributed by atoms with van der Waals surface area (Å²) in [7, 11) is 0. The molecular weight excluding hydrogens is 1100 g/mol. The van der Waals surface area contributed by atoms with Crippen molar-refractivity contribution in [3.8, 4) is 0 Å². The zero-order chi connectivity index (χ0) is 63.7. The largest absolute Gasteiger partial charge is 0.466 e. The smallest absolute Gasteiger partial charge is 0.305 e. The van der Waals surface area contributed by atoms with Crippen LogP contribution in [0, 0.1) is 0 Å². The molecule has 1 aliphatic rings. The Hall–Kier alpha value is -2.38. The van der Waals surface area contributed by atoms with Gasteiger partial charge >= 0.3 is 5.97 Å². The van der Waals surface area contributed by atoms with E-state index in [2.05, 4.69) is 55.6 Å². The molecule has 0 spiro atoms. The molecule has 7 atom stereocenters. The molecule has 1 rings (SSSR count). The highest BCUT2D eigenvalue weighted by Gasteiger charge is 2.44. The zero-order valence-corrected chi connectivity index (χ0v) is 57.4. The Kier molecular flexibility index (Phi) is 62.8. The monoisotopic (exact) mass is 1240 g/mol. The summed E-state index contributed by atoms with van der Waals surface area (Å²) in [5.74, 6) is -0.176. The number of hydrogen-bond donors (Lipinski definition) is 6. The number of nitrogens with one attached hydrogen (secondary N) is 1. The number of hydrogen-bond acceptors (Lipinski definition) is 10. The fourth-order valence-corrected chi connectivity index (χ4v) is 12.0. The predicted molar refractivity (Wildman–Crippen MR) is 370 cm³/mol. The molecule has 7 unspecified atom stereocenters. The summed E-state index contributed by atoms with van der Waals surface area (Å²) in [4.78, 5) is 25.1. The number of ether oxygens (including phenoxy) is 3. The normalized spacial score (nSPS) is 18.0. The molecule has 0 saturated carbocycles. The average molecular weight is 1240 g/mol. The lowest BCUT2D eigenvalue weighted by molar-refractivity contribution is -0.302. The molecule has 1 amide bonds. The molecule has 1 heterocycles. The van der Waals surface area contributed by atoms with Gasteiger partial charge in [-0.15, -0.1) is 0 Å². The number of aliphatic hydroxyl groups excluding tert-OH is 5. The maximum atomic E-state index is 13.0. The van der Waals surface area contributed by atoms with E-state index >= 15 is 0 Å². The number of rotatable bonds is 67. The standard InChI is InChI=1S/C77H143NO10/c1-3-5-7-9-11-13-14-15-42-45-49-53-57-61-65-73(82)86-66-62-58-54-50-46-43-40-38-36-34-32-30-28-26-24-22-20-18-16-17-19-21-23-25-27-29-31-33-35-37-39-41-44-48-52-56-60-64-72(81)78-69(70(80)63-59-55-51-47-12-10-8-6-4-2)68-87-77-76(85)75(84)74(83)71(67-79)88-77/h12,16,18,22,24,47,59,63,69-71,74-77,79-80,83-85H,3-11,13-15,17,19-21,23,25-46,48-58,60-62,64-68H2,1-2H3,(H,78,81)/b18-16-,24-22-,47-12+,63-59+. The van der Waals surface area contributed by atoms with Gasteiger partial charge in [0, 0.05) is 12.8 Å². The van der Waals surface area contributed by atoms with E-state index in [1.165, 1.54) is 283 Å². The Labute approximate surface area is 542 Å². The van der Waals surface area contributed by atoms with E-state index in [0.717, 1.165) is 57.8 Å². The van der Waals surface area contributed by atoms with Crippen molar-refractivity contribution in [2.24, 2.45) is 0 Å². The van der Waals surface area contributed by atoms with Crippen LogP contribution in [0.4, 0.5) is 0 Å². The molecule has 0 radical (unpaired) electrons. The van der Waals surface area contributed by atoms with Crippen LogP contribution in [0.25, 0.3) is 0 Å². The molecule has 11 heteroatoms. The maximum Gasteiger partial charge on any atom is 0.305 e. The van der Waals surface area contributed by atoms with Crippen molar-refractivity contribution in [3.05, 3.63) is 48.6 Å². The van der Waals surface area contributed by atoms with Gasteiger partial charge in [-0.1, -0.05) is 326 Å². The van der Waals surface area contributed by atoms with Crippen molar-refractivity contribution in [2.75, 3.05) is 19.8 Å². The Morgan fingerprint density at radius 2 is 0.773 bits per heavy atom. The Morgan fingerprint density at radius 3 is 1.22 bits per heavy atom. The van der Waals surface area contributed by atoms with Crippen LogP contribution in [0.15, 0.2) is 48.6 Å². The highest BCUT2D eigenvalue weighted by Crippen LogP contribution is 2.23. The molecule has 0 aromatic rings. The summed E-state index contributed by atoms with van der Waals surface area (Å²) < 4.78 is 16.7. The lowest BCUT2D eigenvalue weighted by Crippen LogP contribution is -2.60. The quantitative estimate of drug-likeness (QED) is 0.0195. The zero-order valence-electron chi connectivity index (χ0n) is 57.4. The van der Waals surface area contributed by atoms with Crippen LogP contribution in [0.2, 0.25) is 0 Å². The number of carbonyl (C=O) groups is 2. The van der Waals surface area contributed by atoms with Gasteiger partial charge in [0.1, 0.15) is 24.4 Å². The van der Waals surface area contributed by atoms with Gasteiger partial charge in [-0.2, -0.15) is 0 Å². The van der Waals surface area contributed by atoms with Crippen LogP contribution in [0.5, 0.6) is 0 Å². The number of allylic oxidation sites excluding steroid dienone is 7. The van der Waals surface area contributed by atoms with Crippen LogP contribution in [-0.4, -0.2) is 100 Å². The van der Waals surface area contributed by atoms with Gasteiger partial charge in [0.2, 0.25) is 5.91 Å². The van der Waals surface area contributed by atoms with Crippen molar-refractivity contribution in [1.82, 2.24) is 5.32 Å². The van der Waals surface area contributed by atoms with E-state index < -0.39 is 49.5 Å². The summed E-state index contributed by atoms with van der Waals surface area (Å²) in [6.45, 7) is 4.31. The first-order valence-electron chi connectivity index (χ1n) is 37.9. The fraction of sp³-hybridized carbons (Fsp3) is 0.870. The molecule has 11 nitrogen and oxygen atoms in total. The number of esters is 1. The Bertz CT molecular complexity index is 1600. The van der Waals surface area contributed by atoms with Gasteiger partial charge in [0.15, 0.2) is 6.29 Å². The van der Waals surface area contributed by atoms with Crippen LogP contribution in [0.3, 0.4) is 0 Å². The Morgan fingerprint density at radius 1 is 0.420 bits per heavy atom. The van der Waals surface area contributed by atoms with E-state index in [0.29, 0.717) is 19.4 Å². The number of unbranched alkanes of at least 4 members (excludes halogenated alkanes) is 47. The molecule has 1 aliphatic heterocycles. The minimum atomic E-state index is -1.57. The third kappa shape index (κ3) is 54.2. The fourth-order valence-electron chi connectivity index (χ4n) is 12.0. The van der Waals surface area contributed by atoms with E-state index in [1.54, 1.807) is 6.08 Å². The van der Waals surface area contributed by atoms with Crippen molar-refractivity contribution in [1.29, 1.82) is 0 Å². The number of carbonyl (C=O) groups excluding carboxylic acids is 2. The summed E-state index contributed by atoms with van der Waals surface area (Å²) in [5.41, 5.74) is 0. The Balaban J connectivity index is 1.88. The van der Waals surface area contributed by atoms with Crippen LogP contribution >= 0.6 is 0 Å². The highest BCUT2D eigenvalue weighted by atomic mass is 16.7. The van der Waals surface area contributed by atoms with E-state index in [4.69, 9.17) is 14.2 Å². The topological polar surface area (TPSA) is 175 Å². The molecule has 1 saturated heterocycles. The van der Waals surface area contributed by atoms with Gasteiger partial charge in [-0.25, -0.2) is 0 Å². The van der Waals surface area contributed by atoms with Crippen molar-refractivity contribution in [3.63, 3.8) is 0 Å². The minimum absolute atomic E-state index is 0.0149. The molecule has 0 aromatic carbocycles. The van der Waals surface area contributed by atoms with E-state index in [-0.39, 0.29) is 18.5 Å². The van der Waals surface area contributed by atoms with Crippen LogP contribution in [0.1, 0.15) is 367 Å². The first-order chi connectivity index (χ1) is 43.2. The first-order valence-corrected chi connectivity index (χ1v) is 37.9. The number of amides is 1. The second-order valence-corrected chi connectivity index (χ2v) is 26.3. The summed E-state index contributed by atoms with van der Waals surface area (Å²) in [6, 6.07) is -0.824. The molecule has 88 heavy (non-hydrogen) atoms. The summed E-state index contributed by atoms with van der Waals surface area (Å²) in [5, 5.41) is 54.3. The second kappa shape index (κ2) is 66.1.